The Kier molecular flexibility index (Phi) is 6.22. The number of hydrogen-bond donors (Lipinski definition) is 1. The fourth-order valence-corrected chi connectivity index (χ4v) is 2.63. The van der Waals surface area contributed by atoms with Gasteiger partial charge in [-0.05, 0) is 50.5 Å². The number of hydrogen-bond acceptors (Lipinski definition) is 3. The van der Waals surface area contributed by atoms with Gasteiger partial charge < -0.3 is 10.1 Å². The molecule has 0 saturated carbocycles. The minimum absolute atomic E-state index is 0.131. The van der Waals surface area contributed by atoms with Gasteiger partial charge in [-0.25, -0.2) is 0 Å². The molecule has 124 valence electrons. The van der Waals surface area contributed by atoms with Crippen LogP contribution in [0, 0.1) is 11.8 Å². The van der Waals surface area contributed by atoms with Gasteiger partial charge in [0.2, 0.25) is 5.91 Å². The monoisotopic (exact) mass is 335 g/mol. The summed E-state index contributed by atoms with van der Waals surface area (Å²) in [6.07, 6.45) is 5.59. The maximum atomic E-state index is 12.5. The Labute approximate surface area is 141 Å². The second-order valence-corrected chi connectivity index (χ2v) is 6.24. The summed E-state index contributed by atoms with van der Waals surface area (Å²) < 4.78 is 5.42. The van der Waals surface area contributed by atoms with Crippen LogP contribution < -0.4 is 5.32 Å². The highest BCUT2D eigenvalue weighted by Crippen LogP contribution is 2.29. The number of carbonyl (C=O) groups excluding carboxylic acids is 2. The van der Waals surface area contributed by atoms with Crippen molar-refractivity contribution in [3.63, 3.8) is 0 Å². The van der Waals surface area contributed by atoms with Crippen LogP contribution in [-0.2, 0) is 14.3 Å². The molecular formula is C18H22ClNO3. The van der Waals surface area contributed by atoms with Gasteiger partial charge in [-0.2, -0.15) is 0 Å². The molecule has 5 heteroatoms. The van der Waals surface area contributed by atoms with E-state index in [-0.39, 0.29) is 18.0 Å². The maximum absolute atomic E-state index is 12.5. The zero-order valence-corrected chi connectivity index (χ0v) is 14.2. The molecule has 1 amide bonds. The molecule has 0 aromatic heterocycles. The van der Waals surface area contributed by atoms with Crippen molar-refractivity contribution in [1.82, 2.24) is 0 Å². The van der Waals surface area contributed by atoms with E-state index in [4.69, 9.17) is 16.3 Å². The summed E-state index contributed by atoms with van der Waals surface area (Å²) in [5, 5.41) is 3.46. The summed E-state index contributed by atoms with van der Waals surface area (Å²) in [5.74, 6) is -1.30. The molecule has 0 saturated heterocycles. The zero-order chi connectivity index (χ0) is 16.8. The number of amides is 1. The third-order valence-electron chi connectivity index (χ3n) is 4.08. The van der Waals surface area contributed by atoms with Crippen LogP contribution in [0.2, 0.25) is 5.02 Å². The number of rotatable bonds is 5. The standard InChI is InChI=1S/C18H22ClNO3/c1-3-12(2)23-18(22)16-7-5-4-6-15(16)17(21)20-14-10-8-13(19)9-11-14/h4-5,8-12,15-16H,3,6-7H2,1-2H3,(H,20,21)/t12-,15+,16+/m1/s1. The lowest BCUT2D eigenvalue weighted by molar-refractivity contribution is -0.157. The van der Waals surface area contributed by atoms with Crippen molar-refractivity contribution in [2.45, 2.75) is 39.2 Å². The molecule has 0 aliphatic heterocycles. The van der Waals surface area contributed by atoms with E-state index in [1.54, 1.807) is 24.3 Å². The summed E-state index contributed by atoms with van der Waals surface area (Å²) in [5.41, 5.74) is 0.669. The highest BCUT2D eigenvalue weighted by atomic mass is 35.5. The minimum Gasteiger partial charge on any atom is -0.462 e. The second kappa shape index (κ2) is 8.16. The van der Waals surface area contributed by atoms with Crippen molar-refractivity contribution in [2.75, 3.05) is 5.32 Å². The van der Waals surface area contributed by atoms with Gasteiger partial charge >= 0.3 is 5.97 Å². The van der Waals surface area contributed by atoms with Gasteiger partial charge in [-0.15, -0.1) is 0 Å². The Morgan fingerprint density at radius 3 is 2.43 bits per heavy atom. The van der Waals surface area contributed by atoms with Crippen molar-refractivity contribution in [1.29, 1.82) is 0 Å². The average Bonchev–Trinajstić information content (AvgIpc) is 2.56. The van der Waals surface area contributed by atoms with Crippen LogP contribution in [0.3, 0.4) is 0 Å². The van der Waals surface area contributed by atoms with Crippen LogP contribution in [0.15, 0.2) is 36.4 Å². The van der Waals surface area contributed by atoms with Crippen molar-refractivity contribution in [3.05, 3.63) is 41.4 Å². The van der Waals surface area contributed by atoms with Crippen LogP contribution in [0.4, 0.5) is 5.69 Å². The van der Waals surface area contributed by atoms with Gasteiger partial charge in [0.25, 0.3) is 0 Å². The molecule has 1 aliphatic rings. The summed E-state index contributed by atoms with van der Waals surface area (Å²) >= 11 is 5.84. The van der Waals surface area contributed by atoms with Crippen molar-refractivity contribution in [2.24, 2.45) is 11.8 Å². The molecule has 1 N–H and O–H groups in total. The number of nitrogens with one attached hydrogen (secondary N) is 1. The Hall–Kier alpha value is -1.81. The van der Waals surface area contributed by atoms with E-state index in [2.05, 4.69) is 5.32 Å². The van der Waals surface area contributed by atoms with E-state index in [0.717, 1.165) is 6.42 Å². The number of benzene rings is 1. The first-order valence-corrected chi connectivity index (χ1v) is 8.31. The van der Waals surface area contributed by atoms with Crippen LogP contribution in [0.5, 0.6) is 0 Å². The normalized spacial score (nSPS) is 21.5. The molecule has 0 radical (unpaired) electrons. The van der Waals surface area contributed by atoms with Gasteiger partial charge in [0, 0.05) is 10.7 Å². The molecule has 0 fully saturated rings. The van der Waals surface area contributed by atoms with Gasteiger partial charge in [0.1, 0.15) is 0 Å². The molecule has 0 bridgehead atoms. The van der Waals surface area contributed by atoms with Crippen LogP contribution in [-0.4, -0.2) is 18.0 Å². The van der Waals surface area contributed by atoms with Crippen LogP contribution in [0.25, 0.3) is 0 Å². The van der Waals surface area contributed by atoms with Gasteiger partial charge in [0.15, 0.2) is 0 Å². The lowest BCUT2D eigenvalue weighted by Gasteiger charge is -2.27. The maximum Gasteiger partial charge on any atom is 0.310 e. The molecule has 23 heavy (non-hydrogen) atoms. The zero-order valence-electron chi connectivity index (χ0n) is 13.4. The molecule has 4 nitrogen and oxygen atoms in total. The third kappa shape index (κ3) is 4.83. The summed E-state index contributed by atoms with van der Waals surface area (Å²) in [6, 6.07) is 6.91. The summed E-state index contributed by atoms with van der Waals surface area (Å²) in [6.45, 7) is 3.82. The number of halogens is 1. The van der Waals surface area contributed by atoms with Gasteiger partial charge in [-0.1, -0.05) is 30.7 Å². The topological polar surface area (TPSA) is 55.4 Å². The molecule has 3 atom stereocenters. The summed E-state index contributed by atoms with van der Waals surface area (Å²) in [4.78, 5) is 24.9. The van der Waals surface area contributed by atoms with Crippen molar-refractivity contribution < 1.29 is 14.3 Å². The largest absolute Gasteiger partial charge is 0.462 e. The second-order valence-electron chi connectivity index (χ2n) is 5.81. The van der Waals surface area contributed by atoms with E-state index in [1.165, 1.54) is 0 Å². The first-order valence-electron chi connectivity index (χ1n) is 7.93. The van der Waals surface area contributed by atoms with Gasteiger partial charge in [0.05, 0.1) is 17.9 Å². The first-order chi connectivity index (χ1) is 11.0. The third-order valence-corrected chi connectivity index (χ3v) is 4.33. The molecule has 0 unspecified atom stereocenters. The van der Waals surface area contributed by atoms with E-state index >= 15 is 0 Å². The molecule has 1 aromatic carbocycles. The number of anilines is 1. The van der Waals surface area contributed by atoms with Crippen molar-refractivity contribution >= 4 is 29.2 Å². The fraction of sp³-hybridized carbons (Fsp3) is 0.444. The van der Waals surface area contributed by atoms with E-state index in [9.17, 15) is 9.59 Å². The molecule has 1 aromatic rings. The number of ether oxygens (including phenoxy) is 1. The highest BCUT2D eigenvalue weighted by molar-refractivity contribution is 6.30. The lowest BCUT2D eigenvalue weighted by atomic mass is 9.82. The van der Waals surface area contributed by atoms with Crippen molar-refractivity contribution in [3.8, 4) is 0 Å². The van der Waals surface area contributed by atoms with Gasteiger partial charge in [-0.3, -0.25) is 9.59 Å². The van der Waals surface area contributed by atoms with E-state index in [0.29, 0.717) is 23.6 Å². The Bertz CT molecular complexity index is 582. The quantitative estimate of drug-likeness (QED) is 0.648. The molecule has 0 spiro atoms. The average molecular weight is 336 g/mol. The lowest BCUT2D eigenvalue weighted by Crippen LogP contribution is -2.36. The smallest absolute Gasteiger partial charge is 0.310 e. The van der Waals surface area contributed by atoms with Crippen LogP contribution >= 0.6 is 11.6 Å². The molecule has 0 heterocycles. The first kappa shape index (κ1) is 17.5. The van der Waals surface area contributed by atoms with E-state index < -0.39 is 11.8 Å². The fourth-order valence-electron chi connectivity index (χ4n) is 2.50. The SMILES string of the molecule is CC[C@@H](C)OC(=O)[C@H]1CC=CC[C@@H]1C(=O)Nc1ccc(Cl)cc1. The number of esters is 1. The number of allylic oxidation sites excluding steroid dienone is 2. The highest BCUT2D eigenvalue weighted by Gasteiger charge is 2.35. The summed E-state index contributed by atoms with van der Waals surface area (Å²) in [7, 11) is 0. The molecular weight excluding hydrogens is 314 g/mol. The Balaban J connectivity index is 2.05. The Morgan fingerprint density at radius 1 is 1.22 bits per heavy atom. The molecule has 1 aliphatic carbocycles. The molecule has 2 rings (SSSR count). The minimum atomic E-state index is -0.429. The number of carbonyl (C=O) groups is 2. The Morgan fingerprint density at radius 2 is 1.83 bits per heavy atom. The van der Waals surface area contributed by atoms with E-state index in [1.807, 2.05) is 26.0 Å². The van der Waals surface area contributed by atoms with Crippen LogP contribution in [0.1, 0.15) is 33.1 Å². The predicted octanol–water partition coefficient (Wildman–Crippen LogP) is 4.20. The predicted molar refractivity (Wildman–Crippen MR) is 91.3 cm³/mol.